The number of hydrogen-bond acceptors (Lipinski definition) is 5. The Balaban J connectivity index is 2.29. The number of thiophene rings is 1. The van der Waals surface area contributed by atoms with Crippen LogP contribution in [0.1, 0.15) is 35.1 Å². The first kappa shape index (κ1) is 15.4. The number of nitrogen functional groups attached to an aromatic ring is 1. The van der Waals surface area contributed by atoms with E-state index in [0.29, 0.717) is 17.9 Å². The monoisotopic (exact) mass is 304 g/mol. The number of anilines is 2. The van der Waals surface area contributed by atoms with E-state index in [1.165, 1.54) is 4.88 Å². The van der Waals surface area contributed by atoms with Crippen LogP contribution in [0.15, 0.2) is 35.7 Å². The number of nitrogens with two attached hydrogens (primary N) is 1. The van der Waals surface area contributed by atoms with E-state index >= 15 is 0 Å². The van der Waals surface area contributed by atoms with Crippen molar-refractivity contribution >= 4 is 28.7 Å². The van der Waals surface area contributed by atoms with E-state index in [9.17, 15) is 4.79 Å². The number of rotatable bonds is 5. The zero-order valence-electron chi connectivity index (χ0n) is 12.5. The van der Waals surface area contributed by atoms with Crippen LogP contribution < -0.4 is 10.6 Å². The van der Waals surface area contributed by atoms with E-state index in [4.69, 9.17) is 10.5 Å². The van der Waals surface area contributed by atoms with Crippen LogP contribution in [0.3, 0.4) is 0 Å². The molecule has 2 N–H and O–H groups in total. The lowest BCUT2D eigenvalue weighted by atomic mass is 10.1. The van der Waals surface area contributed by atoms with Gasteiger partial charge in [-0.25, -0.2) is 4.79 Å². The lowest BCUT2D eigenvalue weighted by Gasteiger charge is -2.27. The summed E-state index contributed by atoms with van der Waals surface area (Å²) in [5.41, 5.74) is 8.07. The van der Waals surface area contributed by atoms with Crippen LogP contribution in [0.4, 0.5) is 11.4 Å². The van der Waals surface area contributed by atoms with Crippen LogP contribution in [0.2, 0.25) is 0 Å². The van der Waals surface area contributed by atoms with E-state index in [2.05, 4.69) is 23.3 Å². The molecule has 1 aromatic carbocycles. The van der Waals surface area contributed by atoms with Gasteiger partial charge >= 0.3 is 5.97 Å². The first-order valence-electron chi connectivity index (χ1n) is 6.87. The molecule has 1 aromatic heterocycles. The van der Waals surface area contributed by atoms with Gasteiger partial charge < -0.3 is 15.4 Å². The third-order valence-corrected chi connectivity index (χ3v) is 4.50. The van der Waals surface area contributed by atoms with Crippen molar-refractivity contribution in [1.29, 1.82) is 0 Å². The van der Waals surface area contributed by atoms with Gasteiger partial charge in [0.1, 0.15) is 0 Å². The second-order valence-corrected chi connectivity index (χ2v) is 5.78. The Bertz CT molecular complexity index is 611. The largest absolute Gasteiger partial charge is 0.462 e. The predicted molar refractivity (Wildman–Crippen MR) is 87.9 cm³/mol. The maximum absolute atomic E-state index is 11.8. The molecule has 2 aromatic rings. The summed E-state index contributed by atoms with van der Waals surface area (Å²) in [5.74, 6) is -0.323. The maximum atomic E-state index is 11.8. The SMILES string of the molecule is CCOC(=O)c1ccc(N)c(N(C)C(C)c2cccs2)c1. The zero-order valence-corrected chi connectivity index (χ0v) is 13.3. The Hall–Kier alpha value is -2.01. The van der Waals surface area contributed by atoms with Gasteiger partial charge in [0.05, 0.1) is 29.6 Å². The van der Waals surface area contributed by atoms with Gasteiger partial charge in [0, 0.05) is 11.9 Å². The number of benzene rings is 1. The first-order chi connectivity index (χ1) is 10.0. The topological polar surface area (TPSA) is 55.6 Å². The van der Waals surface area contributed by atoms with Gasteiger partial charge in [0.15, 0.2) is 0 Å². The van der Waals surface area contributed by atoms with Crippen molar-refractivity contribution in [3.8, 4) is 0 Å². The summed E-state index contributed by atoms with van der Waals surface area (Å²) in [6.45, 7) is 4.27. The molecular formula is C16H20N2O2S. The fourth-order valence-electron chi connectivity index (χ4n) is 2.12. The van der Waals surface area contributed by atoms with Gasteiger partial charge in [-0.1, -0.05) is 6.07 Å². The number of carbonyl (C=O) groups excluding carboxylic acids is 1. The van der Waals surface area contributed by atoms with E-state index in [1.807, 2.05) is 13.1 Å². The highest BCUT2D eigenvalue weighted by Crippen LogP contribution is 2.32. The van der Waals surface area contributed by atoms with E-state index < -0.39 is 0 Å². The van der Waals surface area contributed by atoms with Gasteiger partial charge in [-0.3, -0.25) is 0 Å². The average Bonchev–Trinajstić information content (AvgIpc) is 3.00. The fraction of sp³-hybridized carbons (Fsp3) is 0.312. The van der Waals surface area contributed by atoms with E-state index in [1.54, 1.807) is 36.5 Å². The van der Waals surface area contributed by atoms with Crippen LogP contribution in [0.5, 0.6) is 0 Å². The minimum Gasteiger partial charge on any atom is -0.462 e. The van der Waals surface area contributed by atoms with Gasteiger partial charge in [-0.15, -0.1) is 11.3 Å². The average molecular weight is 304 g/mol. The van der Waals surface area contributed by atoms with Crippen LogP contribution in [-0.4, -0.2) is 19.6 Å². The Morgan fingerprint density at radius 1 is 1.43 bits per heavy atom. The van der Waals surface area contributed by atoms with Crippen molar-refractivity contribution in [3.05, 3.63) is 46.2 Å². The van der Waals surface area contributed by atoms with E-state index in [0.717, 1.165) is 5.69 Å². The summed E-state index contributed by atoms with van der Waals surface area (Å²) in [6.07, 6.45) is 0. The molecule has 0 fully saturated rings. The maximum Gasteiger partial charge on any atom is 0.338 e. The Kier molecular flexibility index (Phi) is 4.85. The van der Waals surface area contributed by atoms with Gasteiger partial charge in [-0.2, -0.15) is 0 Å². The summed E-state index contributed by atoms with van der Waals surface area (Å²) in [7, 11) is 1.98. The molecule has 0 aliphatic carbocycles. The van der Waals surface area contributed by atoms with Crippen molar-refractivity contribution in [1.82, 2.24) is 0 Å². The minimum absolute atomic E-state index is 0.185. The van der Waals surface area contributed by atoms with Crippen LogP contribution in [-0.2, 0) is 4.74 Å². The number of carbonyl (C=O) groups is 1. The third kappa shape index (κ3) is 3.36. The van der Waals surface area contributed by atoms with Gasteiger partial charge in [-0.05, 0) is 43.5 Å². The number of hydrogen-bond donors (Lipinski definition) is 1. The molecule has 4 nitrogen and oxygen atoms in total. The molecule has 0 aliphatic heterocycles. The quantitative estimate of drug-likeness (QED) is 0.676. The fourth-order valence-corrected chi connectivity index (χ4v) is 2.95. The van der Waals surface area contributed by atoms with E-state index in [-0.39, 0.29) is 12.0 Å². The summed E-state index contributed by atoms with van der Waals surface area (Å²) < 4.78 is 5.04. The molecule has 0 amide bonds. The third-order valence-electron chi connectivity index (χ3n) is 3.46. The van der Waals surface area contributed by atoms with Crippen molar-refractivity contribution in [2.45, 2.75) is 19.9 Å². The molecule has 0 saturated carbocycles. The van der Waals surface area contributed by atoms with Gasteiger partial charge in [0.25, 0.3) is 0 Å². The molecule has 1 atom stereocenters. The summed E-state index contributed by atoms with van der Waals surface area (Å²) in [4.78, 5) is 15.2. The Labute approximate surface area is 129 Å². The van der Waals surface area contributed by atoms with Crippen molar-refractivity contribution in [2.24, 2.45) is 0 Å². The number of ether oxygens (including phenoxy) is 1. The predicted octanol–water partition coefficient (Wildman–Crippen LogP) is 3.70. The Morgan fingerprint density at radius 2 is 2.19 bits per heavy atom. The molecular weight excluding hydrogens is 284 g/mol. The molecule has 112 valence electrons. The molecule has 0 bridgehead atoms. The van der Waals surface area contributed by atoms with Gasteiger partial charge in [0.2, 0.25) is 0 Å². The number of nitrogens with zero attached hydrogens (tertiary/aromatic N) is 1. The second kappa shape index (κ2) is 6.63. The summed E-state index contributed by atoms with van der Waals surface area (Å²) in [6, 6.07) is 9.54. The van der Waals surface area contributed by atoms with Crippen molar-refractivity contribution in [3.63, 3.8) is 0 Å². The minimum atomic E-state index is -0.323. The van der Waals surface area contributed by atoms with Crippen LogP contribution >= 0.6 is 11.3 Å². The summed E-state index contributed by atoms with van der Waals surface area (Å²) >= 11 is 1.70. The molecule has 0 spiro atoms. The lowest BCUT2D eigenvalue weighted by Crippen LogP contribution is -2.22. The van der Waals surface area contributed by atoms with Crippen LogP contribution in [0.25, 0.3) is 0 Å². The molecule has 0 radical (unpaired) electrons. The smallest absolute Gasteiger partial charge is 0.338 e. The normalized spacial score (nSPS) is 12.0. The molecule has 21 heavy (non-hydrogen) atoms. The highest BCUT2D eigenvalue weighted by Gasteiger charge is 2.17. The highest BCUT2D eigenvalue weighted by atomic mass is 32.1. The highest BCUT2D eigenvalue weighted by molar-refractivity contribution is 7.10. The van der Waals surface area contributed by atoms with Crippen molar-refractivity contribution in [2.75, 3.05) is 24.3 Å². The first-order valence-corrected chi connectivity index (χ1v) is 7.75. The lowest BCUT2D eigenvalue weighted by molar-refractivity contribution is 0.0526. The Morgan fingerprint density at radius 3 is 2.81 bits per heavy atom. The summed E-state index contributed by atoms with van der Waals surface area (Å²) in [5, 5.41) is 2.05. The molecule has 0 aliphatic rings. The second-order valence-electron chi connectivity index (χ2n) is 4.80. The number of esters is 1. The standard InChI is InChI=1S/C16H20N2O2S/c1-4-20-16(19)12-7-8-13(17)14(10-12)18(3)11(2)15-6-5-9-21-15/h5-11H,4,17H2,1-3H3. The van der Waals surface area contributed by atoms with Crippen LogP contribution in [0, 0.1) is 0 Å². The molecule has 1 heterocycles. The molecule has 0 saturated heterocycles. The molecule has 5 heteroatoms. The van der Waals surface area contributed by atoms with Crippen molar-refractivity contribution < 1.29 is 9.53 Å². The zero-order chi connectivity index (χ0) is 15.4. The molecule has 2 rings (SSSR count). The molecule has 1 unspecified atom stereocenters.